The van der Waals surface area contributed by atoms with Gasteiger partial charge < -0.3 is 4.57 Å². The molecule has 0 N–H and O–H groups in total. The summed E-state index contributed by atoms with van der Waals surface area (Å²) in [5.41, 5.74) is 12.1. The van der Waals surface area contributed by atoms with Crippen molar-refractivity contribution < 1.29 is 25.6 Å². The quantitative estimate of drug-likeness (QED) is 0.128. The van der Waals surface area contributed by atoms with Crippen LogP contribution in [0.2, 0.25) is 0 Å². The summed E-state index contributed by atoms with van der Waals surface area (Å²) >= 11 is 0. The minimum Gasteiger partial charge on any atom is -0.315 e. The van der Waals surface area contributed by atoms with Crippen LogP contribution in [0.25, 0.3) is 33.5 Å². The van der Waals surface area contributed by atoms with E-state index in [1.54, 1.807) is 0 Å². The van der Waals surface area contributed by atoms with Gasteiger partial charge in [-0.2, -0.15) is 95.9 Å². The number of hydrogen-bond donors (Lipinski definition) is 0. The monoisotopic (exact) mass is 716 g/mol. The molecule has 4 heteroatoms. The number of rotatable bonds is 3. The van der Waals surface area contributed by atoms with Gasteiger partial charge in [-0.3, -0.25) is 4.57 Å². The molecule has 1 aliphatic rings. The van der Waals surface area contributed by atoms with Crippen LogP contribution < -0.4 is 21.0 Å². The van der Waals surface area contributed by atoms with E-state index in [1.165, 1.54) is 33.1 Å². The summed E-state index contributed by atoms with van der Waals surface area (Å²) in [7, 11) is 0. The molecule has 0 fully saturated rings. The minimum atomic E-state index is 0. The van der Waals surface area contributed by atoms with Crippen molar-refractivity contribution in [2.75, 3.05) is 0 Å². The average molecular weight is 717 g/mol. The third kappa shape index (κ3) is 5.17. The maximum atomic E-state index is 3.44. The van der Waals surface area contributed by atoms with Crippen LogP contribution in [0.5, 0.6) is 0 Å². The van der Waals surface area contributed by atoms with E-state index >= 15 is 0 Å². The first-order valence-electron chi connectivity index (χ1n) is 13.8. The second kappa shape index (κ2) is 12.2. The summed E-state index contributed by atoms with van der Waals surface area (Å²) in [5, 5.41) is 0. The molecule has 6 aromatic carbocycles. The van der Waals surface area contributed by atoms with Crippen molar-refractivity contribution in [1.82, 2.24) is 4.57 Å². The van der Waals surface area contributed by atoms with Crippen LogP contribution in [-0.4, -0.2) is 11.3 Å². The van der Waals surface area contributed by atoms with Crippen LogP contribution in [-0.2, 0) is 21.1 Å². The number of benzene rings is 6. The Bertz CT molecular complexity index is 1900. The first kappa shape index (κ1) is 27.7. The Morgan fingerprint density at radius 2 is 1.31 bits per heavy atom. The van der Waals surface area contributed by atoms with Gasteiger partial charge >= 0.3 is 21.1 Å². The average Bonchev–Trinajstić information content (AvgIpc) is 3.59. The van der Waals surface area contributed by atoms with Gasteiger partial charge in [-0.25, -0.2) is 0 Å². The predicted molar refractivity (Wildman–Crippen MR) is 168 cm³/mol. The summed E-state index contributed by atoms with van der Waals surface area (Å²) < 4.78 is 4.14. The molecule has 8 rings (SSSR count). The molecule has 2 nitrogen and oxygen atoms in total. The van der Waals surface area contributed by atoms with Crippen LogP contribution in [0.1, 0.15) is 5.56 Å². The van der Waals surface area contributed by atoms with E-state index in [1.807, 2.05) is 42.5 Å². The van der Waals surface area contributed by atoms with Gasteiger partial charge in [0.1, 0.15) is 0 Å². The Labute approximate surface area is 262 Å². The molecule has 1 aromatic heterocycles. The molecule has 0 saturated carbocycles. The van der Waals surface area contributed by atoms with Gasteiger partial charge in [0.05, 0.1) is 16.7 Å². The van der Waals surface area contributed by atoms with Gasteiger partial charge in [0.15, 0.2) is 6.71 Å². The standard InChI is InChI=1S/C20H15N2.C18H11B.Pt/c1-16-11-13-18(14-12-16)22-15-21(17-7-3-2-4-8-17)19-9-5-6-10-20(19)22;1-2-8-14(9-3-1)19-17-12-6-4-10-15(17)16-11-5-7-13-18(16)19;/h2-7,9-14H,1H3;1-8,10-12H;/q-1;-2;+4. The van der Waals surface area contributed by atoms with E-state index in [0.717, 1.165) is 22.4 Å². The SMILES string of the molecule is Cc1ccc(-[n+]2[c-]n(-c3[c-]cccc3)c3ccccc32)cc1.[Pt+4].[c-]1ccccc1B1c2[c-]cccc2-c2ccccc21. The maximum Gasteiger partial charge on any atom is 4.00 e. The third-order valence-electron chi connectivity index (χ3n) is 7.57. The molecule has 0 aliphatic carbocycles. The fraction of sp³-hybridized carbons (Fsp3) is 0.0263. The topological polar surface area (TPSA) is 8.81 Å². The Morgan fingerprint density at radius 3 is 2.10 bits per heavy atom. The van der Waals surface area contributed by atoms with Gasteiger partial charge in [-0.05, 0) is 24.7 Å². The normalized spacial score (nSPS) is 11.2. The van der Waals surface area contributed by atoms with Crippen molar-refractivity contribution in [3.63, 3.8) is 0 Å². The van der Waals surface area contributed by atoms with Crippen LogP contribution >= 0.6 is 0 Å². The van der Waals surface area contributed by atoms with Crippen molar-refractivity contribution >= 4 is 34.1 Å². The number of aromatic nitrogens is 2. The van der Waals surface area contributed by atoms with Crippen LogP contribution in [0.3, 0.4) is 0 Å². The zero-order valence-electron chi connectivity index (χ0n) is 23.1. The molecule has 0 radical (unpaired) electrons. The molecule has 0 unspecified atom stereocenters. The number of hydrogen-bond acceptors (Lipinski definition) is 0. The molecule has 2 heterocycles. The maximum absolute atomic E-state index is 3.44. The zero-order chi connectivity index (χ0) is 27.6. The Balaban J connectivity index is 0.000000148. The summed E-state index contributed by atoms with van der Waals surface area (Å²) in [6.07, 6.45) is 3.44. The number of imidazole rings is 1. The molecule has 0 bridgehead atoms. The molecule has 1 aliphatic heterocycles. The Kier molecular flexibility index (Phi) is 8.04. The fourth-order valence-corrected chi connectivity index (χ4v) is 5.63. The van der Waals surface area contributed by atoms with E-state index < -0.39 is 0 Å². The predicted octanol–water partition coefficient (Wildman–Crippen LogP) is 5.60. The minimum absolute atomic E-state index is 0. The second-order valence-electron chi connectivity index (χ2n) is 10.2. The van der Waals surface area contributed by atoms with Crippen molar-refractivity contribution in [1.29, 1.82) is 0 Å². The summed E-state index contributed by atoms with van der Waals surface area (Å²) in [4.78, 5) is 0. The molecule has 200 valence electrons. The summed E-state index contributed by atoms with van der Waals surface area (Å²) in [5.74, 6) is 0. The van der Waals surface area contributed by atoms with E-state index in [4.69, 9.17) is 0 Å². The largest absolute Gasteiger partial charge is 4.00 e. The second-order valence-corrected chi connectivity index (χ2v) is 10.2. The molecule has 0 amide bonds. The smallest absolute Gasteiger partial charge is 0.315 e. The molecule has 0 spiro atoms. The molecule has 0 atom stereocenters. The number of para-hydroxylation sites is 3. The van der Waals surface area contributed by atoms with Crippen molar-refractivity contribution in [2.24, 2.45) is 0 Å². The van der Waals surface area contributed by atoms with Crippen molar-refractivity contribution in [2.45, 2.75) is 6.92 Å². The first-order chi connectivity index (χ1) is 20.3. The van der Waals surface area contributed by atoms with Gasteiger partial charge in [0.2, 0.25) is 0 Å². The van der Waals surface area contributed by atoms with Crippen LogP contribution in [0, 0.1) is 31.5 Å². The molecule has 0 saturated heterocycles. The summed E-state index contributed by atoms with van der Waals surface area (Å²) in [6.45, 7) is 2.37. The van der Waals surface area contributed by atoms with Gasteiger partial charge in [-0.15, -0.1) is 5.56 Å². The third-order valence-corrected chi connectivity index (χ3v) is 7.57. The Morgan fingerprint density at radius 1 is 0.619 bits per heavy atom. The first-order valence-corrected chi connectivity index (χ1v) is 13.8. The fourth-order valence-electron chi connectivity index (χ4n) is 5.63. The van der Waals surface area contributed by atoms with Crippen molar-refractivity contribution in [3.8, 4) is 22.5 Å². The van der Waals surface area contributed by atoms with Gasteiger partial charge in [0.25, 0.3) is 6.33 Å². The number of aryl methyl sites for hydroxylation is 1. The van der Waals surface area contributed by atoms with E-state index in [9.17, 15) is 0 Å². The zero-order valence-corrected chi connectivity index (χ0v) is 25.3. The molecule has 7 aromatic rings. The van der Waals surface area contributed by atoms with E-state index in [0.29, 0.717) is 0 Å². The number of nitrogens with zero attached hydrogens (tertiary/aromatic N) is 2. The number of fused-ring (bicyclic) bond motifs is 4. The van der Waals surface area contributed by atoms with Gasteiger partial charge in [0, 0.05) is 0 Å². The van der Waals surface area contributed by atoms with Gasteiger partial charge in [-0.1, -0.05) is 77.3 Å². The van der Waals surface area contributed by atoms with E-state index in [-0.39, 0.29) is 27.8 Å². The summed E-state index contributed by atoms with van der Waals surface area (Å²) in [6, 6.07) is 58.0. The molecular formula is C38H26BN2Pt+. The molecular weight excluding hydrogens is 690 g/mol. The van der Waals surface area contributed by atoms with E-state index in [2.05, 4.69) is 138 Å². The van der Waals surface area contributed by atoms with Crippen LogP contribution in [0.15, 0.2) is 140 Å². The van der Waals surface area contributed by atoms with Crippen molar-refractivity contribution in [3.05, 3.63) is 170 Å². The molecule has 42 heavy (non-hydrogen) atoms. The Hall–Kier alpha value is -4.46. The van der Waals surface area contributed by atoms with Crippen LogP contribution in [0.4, 0.5) is 0 Å².